The number of pyridine rings is 1. The third-order valence-corrected chi connectivity index (χ3v) is 5.56. The van der Waals surface area contributed by atoms with E-state index in [0.29, 0.717) is 35.8 Å². The summed E-state index contributed by atoms with van der Waals surface area (Å²) in [6.07, 6.45) is 4.93. The van der Waals surface area contributed by atoms with Crippen LogP contribution < -0.4 is 16.0 Å². The fourth-order valence-corrected chi connectivity index (χ4v) is 3.96. The van der Waals surface area contributed by atoms with Crippen molar-refractivity contribution in [3.8, 4) is 11.4 Å². The number of anilines is 1. The van der Waals surface area contributed by atoms with E-state index in [2.05, 4.69) is 20.4 Å². The molecule has 1 fully saturated rings. The standard InChI is InChI=1S/C19H18Cl2N8O2/c20-13-5-11(29-9-24-8-26-29)1-2-12(13)19(31)27-10-3-4-28(7-10)18-16(30)15(17(22)23)14(21)6-25-18/h1-2,5-6,8-10,30H,3-4,7H2,(H3,22,23)(H,27,31). The van der Waals surface area contributed by atoms with Crippen molar-refractivity contribution in [2.45, 2.75) is 12.5 Å². The Morgan fingerprint density at radius 2 is 2.13 bits per heavy atom. The van der Waals surface area contributed by atoms with Gasteiger partial charge in [-0.3, -0.25) is 10.2 Å². The number of halogens is 2. The number of nitrogen functional groups attached to an aromatic ring is 1. The molecule has 160 valence electrons. The number of aromatic hydroxyl groups is 1. The van der Waals surface area contributed by atoms with E-state index in [9.17, 15) is 9.90 Å². The molecule has 1 saturated heterocycles. The first-order chi connectivity index (χ1) is 14.8. The number of benzene rings is 1. The summed E-state index contributed by atoms with van der Waals surface area (Å²) in [6, 6.07) is 4.82. The Labute approximate surface area is 187 Å². The highest BCUT2D eigenvalue weighted by Gasteiger charge is 2.29. The lowest BCUT2D eigenvalue weighted by Crippen LogP contribution is -2.37. The summed E-state index contributed by atoms with van der Waals surface area (Å²) in [6.45, 7) is 0.962. The minimum atomic E-state index is -0.348. The molecule has 10 nitrogen and oxygen atoms in total. The number of carbonyl (C=O) groups is 1. The molecule has 4 rings (SSSR count). The summed E-state index contributed by atoms with van der Waals surface area (Å²) in [5, 5.41) is 25.4. The van der Waals surface area contributed by atoms with Gasteiger partial charge in [0.25, 0.3) is 5.91 Å². The Bertz CT molecular complexity index is 1150. The number of hydrogen-bond donors (Lipinski definition) is 4. The van der Waals surface area contributed by atoms with Crippen molar-refractivity contribution < 1.29 is 9.90 Å². The van der Waals surface area contributed by atoms with Gasteiger partial charge in [0.1, 0.15) is 18.5 Å². The van der Waals surface area contributed by atoms with Crippen LogP contribution in [0.1, 0.15) is 22.3 Å². The molecule has 0 bridgehead atoms. The largest absolute Gasteiger partial charge is 0.504 e. The third-order valence-electron chi connectivity index (χ3n) is 4.96. The first-order valence-corrected chi connectivity index (χ1v) is 10.0. The molecule has 31 heavy (non-hydrogen) atoms. The Morgan fingerprint density at radius 3 is 2.81 bits per heavy atom. The predicted molar refractivity (Wildman–Crippen MR) is 116 cm³/mol. The van der Waals surface area contributed by atoms with Crippen LogP contribution in [0.15, 0.2) is 37.1 Å². The van der Waals surface area contributed by atoms with E-state index < -0.39 is 0 Å². The summed E-state index contributed by atoms with van der Waals surface area (Å²) in [7, 11) is 0. The molecule has 5 N–H and O–H groups in total. The number of carbonyl (C=O) groups excluding carboxylic acids is 1. The summed E-state index contributed by atoms with van der Waals surface area (Å²) in [4.78, 5) is 22.6. The first kappa shape index (κ1) is 20.9. The van der Waals surface area contributed by atoms with Gasteiger partial charge in [0.2, 0.25) is 0 Å². The van der Waals surface area contributed by atoms with Gasteiger partial charge in [0.15, 0.2) is 11.6 Å². The molecular formula is C19H18Cl2N8O2. The van der Waals surface area contributed by atoms with E-state index in [-0.39, 0.29) is 39.9 Å². The molecule has 1 aromatic carbocycles. The molecule has 0 saturated carbocycles. The Morgan fingerprint density at radius 1 is 1.32 bits per heavy atom. The molecule has 0 radical (unpaired) electrons. The van der Waals surface area contributed by atoms with Crippen LogP contribution in [0, 0.1) is 5.41 Å². The molecule has 0 aliphatic carbocycles. The van der Waals surface area contributed by atoms with Gasteiger partial charge in [-0.25, -0.2) is 14.6 Å². The van der Waals surface area contributed by atoms with Gasteiger partial charge in [-0.1, -0.05) is 23.2 Å². The van der Waals surface area contributed by atoms with Crippen LogP contribution in [0.3, 0.4) is 0 Å². The van der Waals surface area contributed by atoms with Gasteiger partial charge in [-0.15, -0.1) is 0 Å². The molecule has 0 spiro atoms. The average Bonchev–Trinajstić information content (AvgIpc) is 3.40. The van der Waals surface area contributed by atoms with E-state index in [1.807, 2.05) is 0 Å². The number of aromatic nitrogens is 4. The number of amides is 1. The number of nitrogens with zero attached hydrogens (tertiary/aromatic N) is 5. The van der Waals surface area contributed by atoms with Crippen molar-refractivity contribution in [3.05, 3.63) is 58.2 Å². The van der Waals surface area contributed by atoms with Crippen LogP contribution in [0.5, 0.6) is 5.75 Å². The zero-order chi connectivity index (χ0) is 22.1. The number of nitrogens with two attached hydrogens (primary N) is 1. The van der Waals surface area contributed by atoms with Crippen molar-refractivity contribution in [2.24, 2.45) is 5.73 Å². The number of rotatable bonds is 5. The van der Waals surface area contributed by atoms with Crippen molar-refractivity contribution in [2.75, 3.05) is 18.0 Å². The summed E-state index contributed by atoms with van der Waals surface area (Å²) in [5.74, 6) is -0.640. The van der Waals surface area contributed by atoms with Gasteiger partial charge in [0, 0.05) is 25.3 Å². The van der Waals surface area contributed by atoms with Crippen LogP contribution in [0.4, 0.5) is 5.82 Å². The normalized spacial score (nSPS) is 15.8. The smallest absolute Gasteiger partial charge is 0.253 e. The molecule has 12 heteroatoms. The highest BCUT2D eigenvalue weighted by atomic mass is 35.5. The Hall–Kier alpha value is -3.37. The second-order valence-corrected chi connectivity index (χ2v) is 7.79. The zero-order valence-corrected chi connectivity index (χ0v) is 17.6. The second-order valence-electron chi connectivity index (χ2n) is 6.98. The number of nitrogens with one attached hydrogen (secondary N) is 2. The number of hydrogen-bond acceptors (Lipinski definition) is 7. The summed E-state index contributed by atoms with van der Waals surface area (Å²) >= 11 is 12.3. The molecule has 1 aliphatic rings. The lowest BCUT2D eigenvalue weighted by molar-refractivity contribution is 0.0940. The van der Waals surface area contributed by atoms with Gasteiger partial charge < -0.3 is 21.1 Å². The fourth-order valence-electron chi connectivity index (χ4n) is 3.46. The highest BCUT2D eigenvalue weighted by Crippen LogP contribution is 2.34. The minimum Gasteiger partial charge on any atom is -0.504 e. The van der Waals surface area contributed by atoms with Crippen LogP contribution in [0.25, 0.3) is 5.69 Å². The van der Waals surface area contributed by atoms with Gasteiger partial charge in [0.05, 0.1) is 26.9 Å². The van der Waals surface area contributed by atoms with Crippen molar-refractivity contribution >= 4 is 40.8 Å². The molecule has 2 aromatic heterocycles. The monoisotopic (exact) mass is 460 g/mol. The summed E-state index contributed by atoms with van der Waals surface area (Å²) < 4.78 is 1.54. The SMILES string of the molecule is N=C(N)c1c(Cl)cnc(N2CCC(NC(=O)c3ccc(-n4cncn4)cc3Cl)C2)c1O. The highest BCUT2D eigenvalue weighted by molar-refractivity contribution is 6.34. The van der Waals surface area contributed by atoms with Crippen LogP contribution in [-0.4, -0.2) is 55.7 Å². The van der Waals surface area contributed by atoms with Gasteiger partial charge in [-0.05, 0) is 24.6 Å². The number of amidine groups is 1. The topological polar surface area (TPSA) is 146 Å². The predicted octanol–water partition coefficient (Wildman–Crippen LogP) is 1.97. The van der Waals surface area contributed by atoms with E-state index >= 15 is 0 Å². The van der Waals surface area contributed by atoms with Crippen LogP contribution in [-0.2, 0) is 0 Å². The van der Waals surface area contributed by atoms with Crippen molar-refractivity contribution in [3.63, 3.8) is 0 Å². The lowest BCUT2D eigenvalue weighted by Gasteiger charge is -2.20. The summed E-state index contributed by atoms with van der Waals surface area (Å²) in [5.41, 5.74) is 6.58. The van der Waals surface area contributed by atoms with E-state index in [0.717, 1.165) is 0 Å². The van der Waals surface area contributed by atoms with Crippen molar-refractivity contribution in [1.82, 2.24) is 25.1 Å². The molecule has 1 atom stereocenters. The quantitative estimate of drug-likeness (QED) is 0.336. The van der Waals surface area contributed by atoms with Crippen molar-refractivity contribution in [1.29, 1.82) is 5.41 Å². The maximum absolute atomic E-state index is 12.7. The molecule has 3 heterocycles. The Kier molecular flexibility index (Phi) is 5.66. The van der Waals surface area contributed by atoms with Crippen LogP contribution in [0.2, 0.25) is 10.0 Å². The van der Waals surface area contributed by atoms with Gasteiger partial charge in [-0.2, -0.15) is 5.10 Å². The minimum absolute atomic E-state index is 0.0402. The molecular weight excluding hydrogens is 443 g/mol. The first-order valence-electron chi connectivity index (χ1n) is 9.27. The van der Waals surface area contributed by atoms with Gasteiger partial charge >= 0.3 is 0 Å². The maximum atomic E-state index is 12.7. The molecule has 1 amide bonds. The third kappa shape index (κ3) is 4.12. The average molecular weight is 461 g/mol. The molecule has 3 aromatic rings. The second kappa shape index (κ2) is 8.40. The maximum Gasteiger partial charge on any atom is 0.253 e. The Balaban J connectivity index is 1.46. The van der Waals surface area contributed by atoms with E-state index in [4.69, 9.17) is 34.3 Å². The molecule has 1 aliphatic heterocycles. The fraction of sp³-hybridized carbons (Fsp3) is 0.211. The van der Waals surface area contributed by atoms with Crippen LogP contribution >= 0.6 is 23.2 Å². The zero-order valence-electron chi connectivity index (χ0n) is 16.1. The molecule has 1 unspecified atom stereocenters. The van der Waals surface area contributed by atoms with E-state index in [1.165, 1.54) is 18.9 Å². The van der Waals surface area contributed by atoms with E-state index in [1.54, 1.807) is 27.8 Å². The lowest BCUT2D eigenvalue weighted by atomic mass is 10.1.